The van der Waals surface area contributed by atoms with Crippen molar-refractivity contribution < 1.29 is 4.79 Å². The Labute approximate surface area is 112 Å². The first-order chi connectivity index (χ1) is 8.70. The lowest BCUT2D eigenvalue weighted by atomic mass is 10.1. The Balaban J connectivity index is 1.94. The third kappa shape index (κ3) is 3.22. The van der Waals surface area contributed by atoms with E-state index in [9.17, 15) is 4.79 Å². The number of carbonyl (C=O) groups excluding carboxylic acids is 1. The van der Waals surface area contributed by atoms with Crippen molar-refractivity contribution in [3.63, 3.8) is 0 Å². The maximum absolute atomic E-state index is 12.1. The second kappa shape index (κ2) is 6.18. The largest absolute Gasteiger partial charge is 0.397 e. The van der Waals surface area contributed by atoms with Gasteiger partial charge in [0.05, 0.1) is 5.69 Å². The number of aromatic nitrogens is 1. The highest BCUT2D eigenvalue weighted by molar-refractivity contribution is 7.99. The van der Waals surface area contributed by atoms with E-state index in [-0.39, 0.29) is 5.91 Å². The van der Waals surface area contributed by atoms with Crippen LogP contribution >= 0.6 is 11.8 Å². The first kappa shape index (κ1) is 13.3. The molecular weight excluding hydrogens is 246 g/mol. The number of rotatable bonds is 5. The van der Waals surface area contributed by atoms with Crippen molar-refractivity contribution in [2.75, 3.05) is 23.8 Å². The SMILES string of the molecule is CCCn1cc(N)cc1C(=O)NCC1CCSC1. The zero-order valence-electron chi connectivity index (χ0n) is 10.8. The maximum Gasteiger partial charge on any atom is 0.267 e. The van der Waals surface area contributed by atoms with Crippen LogP contribution in [0.4, 0.5) is 5.69 Å². The molecule has 100 valence electrons. The Kier molecular flexibility index (Phi) is 4.58. The average Bonchev–Trinajstić information content (AvgIpc) is 2.96. The lowest BCUT2D eigenvalue weighted by Gasteiger charge is -2.11. The third-order valence-corrected chi connectivity index (χ3v) is 4.42. The van der Waals surface area contributed by atoms with Crippen LogP contribution in [0.2, 0.25) is 0 Å². The molecule has 0 bridgehead atoms. The van der Waals surface area contributed by atoms with E-state index in [4.69, 9.17) is 5.73 Å². The zero-order chi connectivity index (χ0) is 13.0. The molecule has 1 atom stereocenters. The minimum Gasteiger partial charge on any atom is -0.397 e. The molecule has 1 unspecified atom stereocenters. The lowest BCUT2D eigenvalue weighted by Crippen LogP contribution is -2.30. The molecule has 2 heterocycles. The summed E-state index contributed by atoms with van der Waals surface area (Å²) in [7, 11) is 0. The Morgan fingerprint density at radius 1 is 1.67 bits per heavy atom. The Hall–Kier alpha value is -1.10. The van der Waals surface area contributed by atoms with Crippen LogP contribution in [0, 0.1) is 5.92 Å². The fourth-order valence-corrected chi connectivity index (χ4v) is 3.51. The van der Waals surface area contributed by atoms with Gasteiger partial charge in [0.15, 0.2) is 0 Å². The van der Waals surface area contributed by atoms with Gasteiger partial charge < -0.3 is 15.6 Å². The molecule has 3 N–H and O–H groups in total. The van der Waals surface area contributed by atoms with E-state index in [0.29, 0.717) is 17.3 Å². The smallest absolute Gasteiger partial charge is 0.267 e. The number of nitrogens with zero attached hydrogens (tertiary/aromatic N) is 1. The fourth-order valence-electron chi connectivity index (χ4n) is 2.22. The molecule has 0 aromatic carbocycles. The van der Waals surface area contributed by atoms with Crippen LogP contribution in [0.25, 0.3) is 0 Å². The van der Waals surface area contributed by atoms with Crippen LogP contribution in [-0.2, 0) is 6.54 Å². The summed E-state index contributed by atoms with van der Waals surface area (Å²) in [6.45, 7) is 3.70. The number of aryl methyl sites for hydroxylation is 1. The normalized spacial score (nSPS) is 19.1. The molecule has 1 aliphatic rings. The summed E-state index contributed by atoms with van der Waals surface area (Å²) in [5.74, 6) is 3.01. The molecule has 1 fully saturated rings. The highest BCUT2D eigenvalue weighted by Crippen LogP contribution is 2.22. The zero-order valence-corrected chi connectivity index (χ0v) is 11.6. The van der Waals surface area contributed by atoms with Gasteiger partial charge >= 0.3 is 0 Å². The molecule has 1 amide bonds. The highest BCUT2D eigenvalue weighted by atomic mass is 32.2. The summed E-state index contributed by atoms with van der Waals surface area (Å²) >= 11 is 1.97. The van der Waals surface area contributed by atoms with Crippen molar-refractivity contribution in [1.29, 1.82) is 0 Å². The molecule has 4 nitrogen and oxygen atoms in total. The minimum atomic E-state index is -0.00273. The molecule has 2 rings (SSSR count). The predicted molar refractivity (Wildman–Crippen MR) is 76.9 cm³/mol. The summed E-state index contributed by atoms with van der Waals surface area (Å²) < 4.78 is 1.94. The molecule has 1 aromatic rings. The van der Waals surface area contributed by atoms with Crippen LogP contribution < -0.4 is 11.1 Å². The average molecular weight is 267 g/mol. The van der Waals surface area contributed by atoms with Crippen LogP contribution in [-0.4, -0.2) is 28.5 Å². The topological polar surface area (TPSA) is 60.0 Å². The van der Waals surface area contributed by atoms with Crippen molar-refractivity contribution in [1.82, 2.24) is 9.88 Å². The standard InChI is InChI=1S/C13H21N3OS/c1-2-4-16-8-11(14)6-12(16)13(17)15-7-10-3-5-18-9-10/h6,8,10H,2-5,7,9,14H2,1H3,(H,15,17). The van der Waals surface area contributed by atoms with E-state index in [1.807, 2.05) is 22.5 Å². The van der Waals surface area contributed by atoms with Gasteiger partial charge in [0.1, 0.15) is 5.69 Å². The van der Waals surface area contributed by atoms with Crippen molar-refractivity contribution in [3.8, 4) is 0 Å². The number of carbonyl (C=O) groups is 1. The lowest BCUT2D eigenvalue weighted by molar-refractivity contribution is 0.0939. The number of amides is 1. The van der Waals surface area contributed by atoms with Crippen molar-refractivity contribution in [3.05, 3.63) is 18.0 Å². The van der Waals surface area contributed by atoms with Crippen molar-refractivity contribution in [2.45, 2.75) is 26.3 Å². The Morgan fingerprint density at radius 2 is 2.50 bits per heavy atom. The second-order valence-corrected chi connectivity index (χ2v) is 5.94. The van der Waals surface area contributed by atoms with Gasteiger partial charge in [0.25, 0.3) is 5.91 Å². The first-order valence-corrected chi connectivity index (χ1v) is 7.67. The van der Waals surface area contributed by atoms with Crippen LogP contribution in [0.1, 0.15) is 30.3 Å². The van der Waals surface area contributed by atoms with Crippen LogP contribution in [0.15, 0.2) is 12.3 Å². The second-order valence-electron chi connectivity index (χ2n) is 4.79. The number of nitrogens with two attached hydrogens (primary N) is 1. The van der Waals surface area contributed by atoms with Crippen molar-refractivity contribution >= 4 is 23.4 Å². The Morgan fingerprint density at radius 3 is 3.17 bits per heavy atom. The number of hydrogen-bond acceptors (Lipinski definition) is 3. The number of nitrogens with one attached hydrogen (secondary N) is 1. The molecule has 0 radical (unpaired) electrons. The molecule has 18 heavy (non-hydrogen) atoms. The summed E-state index contributed by atoms with van der Waals surface area (Å²) in [5, 5.41) is 3.02. The van der Waals surface area contributed by atoms with Crippen LogP contribution in [0.5, 0.6) is 0 Å². The van der Waals surface area contributed by atoms with Gasteiger partial charge in [-0.05, 0) is 36.3 Å². The van der Waals surface area contributed by atoms with Gasteiger partial charge in [-0.2, -0.15) is 11.8 Å². The molecule has 0 aliphatic carbocycles. The Bertz CT molecular complexity index is 410. The third-order valence-electron chi connectivity index (χ3n) is 3.19. The summed E-state index contributed by atoms with van der Waals surface area (Å²) in [5.41, 5.74) is 7.10. The van der Waals surface area contributed by atoms with Gasteiger partial charge in [-0.1, -0.05) is 6.92 Å². The molecule has 1 aliphatic heterocycles. The monoisotopic (exact) mass is 267 g/mol. The molecule has 1 aromatic heterocycles. The molecular formula is C13H21N3OS. The van der Waals surface area contributed by atoms with Crippen LogP contribution in [0.3, 0.4) is 0 Å². The van der Waals surface area contributed by atoms with E-state index in [2.05, 4.69) is 12.2 Å². The fraction of sp³-hybridized carbons (Fsp3) is 0.615. The van der Waals surface area contributed by atoms with Gasteiger partial charge in [0.2, 0.25) is 0 Å². The predicted octanol–water partition coefficient (Wildman–Crippen LogP) is 1.96. The maximum atomic E-state index is 12.1. The van der Waals surface area contributed by atoms with E-state index in [1.54, 1.807) is 6.07 Å². The van der Waals surface area contributed by atoms with Gasteiger partial charge in [0, 0.05) is 19.3 Å². The highest BCUT2D eigenvalue weighted by Gasteiger charge is 2.18. The van der Waals surface area contributed by atoms with Gasteiger partial charge in [-0.3, -0.25) is 4.79 Å². The molecule has 0 spiro atoms. The number of hydrogen-bond donors (Lipinski definition) is 2. The van der Waals surface area contributed by atoms with E-state index in [1.165, 1.54) is 17.9 Å². The summed E-state index contributed by atoms with van der Waals surface area (Å²) in [6, 6.07) is 1.76. The van der Waals surface area contributed by atoms with E-state index < -0.39 is 0 Å². The summed E-state index contributed by atoms with van der Waals surface area (Å²) in [6.07, 6.45) is 4.04. The van der Waals surface area contributed by atoms with E-state index in [0.717, 1.165) is 19.5 Å². The molecule has 1 saturated heterocycles. The van der Waals surface area contributed by atoms with Gasteiger partial charge in [-0.25, -0.2) is 0 Å². The number of thioether (sulfide) groups is 1. The van der Waals surface area contributed by atoms with E-state index >= 15 is 0 Å². The first-order valence-electron chi connectivity index (χ1n) is 6.52. The minimum absolute atomic E-state index is 0.00273. The molecule has 0 saturated carbocycles. The number of nitrogen functional groups attached to an aromatic ring is 1. The van der Waals surface area contributed by atoms with Gasteiger partial charge in [-0.15, -0.1) is 0 Å². The quantitative estimate of drug-likeness (QED) is 0.857. The molecule has 5 heteroatoms. The number of anilines is 1. The van der Waals surface area contributed by atoms with Crippen molar-refractivity contribution in [2.24, 2.45) is 5.92 Å². The summed E-state index contributed by atoms with van der Waals surface area (Å²) in [4.78, 5) is 12.1.